The number of carbonyl (C=O) groups excluding carboxylic acids is 1. The molecule has 6 nitrogen and oxygen atoms in total. The van der Waals surface area contributed by atoms with Gasteiger partial charge in [-0.2, -0.15) is 0 Å². The second-order valence-corrected chi connectivity index (χ2v) is 5.89. The van der Waals surface area contributed by atoms with Crippen LogP contribution in [0.1, 0.15) is 15.9 Å². The van der Waals surface area contributed by atoms with Gasteiger partial charge in [0, 0.05) is 12.1 Å². The molecule has 0 aliphatic carbocycles. The average Bonchev–Trinajstić information content (AvgIpc) is 2.73. The summed E-state index contributed by atoms with van der Waals surface area (Å²) in [6.07, 6.45) is 0. The van der Waals surface area contributed by atoms with Crippen molar-refractivity contribution >= 4 is 22.6 Å². The van der Waals surface area contributed by atoms with Crippen molar-refractivity contribution < 1.29 is 13.9 Å². The summed E-state index contributed by atoms with van der Waals surface area (Å²) in [5.74, 6) is -0.373. The fourth-order valence-electron chi connectivity index (χ4n) is 2.15. The van der Waals surface area contributed by atoms with Crippen LogP contribution in [0.4, 0.5) is 5.69 Å². The molecule has 0 spiro atoms. The van der Waals surface area contributed by atoms with E-state index >= 15 is 0 Å². The van der Waals surface area contributed by atoms with E-state index < -0.39 is 15.9 Å². The zero-order valence-electron chi connectivity index (χ0n) is 10.8. The molecule has 1 heterocycles. The molecule has 1 atom stereocenters. The van der Waals surface area contributed by atoms with Gasteiger partial charge in [-0.25, -0.2) is 8.51 Å². The molecule has 0 bridgehead atoms. The lowest BCUT2D eigenvalue weighted by molar-refractivity contribution is -0.385. The van der Waals surface area contributed by atoms with Crippen molar-refractivity contribution in [1.29, 1.82) is 0 Å². The van der Waals surface area contributed by atoms with Gasteiger partial charge in [0.2, 0.25) is 0 Å². The molecule has 7 heteroatoms. The van der Waals surface area contributed by atoms with Crippen LogP contribution in [0.5, 0.6) is 0 Å². The lowest BCUT2D eigenvalue weighted by Gasteiger charge is -2.13. The van der Waals surface area contributed by atoms with Gasteiger partial charge in [-0.05, 0) is 11.6 Å². The van der Waals surface area contributed by atoms with Crippen LogP contribution in [-0.2, 0) is 17.5 Å². The average molecular weight is 302 g/mol. The minimum Gasteiger partial charge on any atom is -0.268 e. The van der Waals surface area contributed by atoms with Gasteiger partial charge >= 0.3 is 0 Å². The number of benzene rings is 2. The van der Waals surface area contributed by atoms with Crippen LogP contribution in [0.15, 0.2) is 53.4 Å². The first kappa shape index (κ1) is 13.4. The molecular weight excluding hydrogens is 292 g/mol. The van der Waals surface area contributed by atoms with Crippen molar-refractivity contribution in [2.75, 3.05) is 0 Å². The van der Waals surface area contributed by atoms with Crippen molar-refractivity contribution in [1.82, 2.24) is 4.31 Å². The Morgan fingerprint density at radius 2 is 1.86 bits per heavy atom. The van der Waals surface area contributed by atoms with Gasteiger partial charge in [0.1, 0.15) is 0 Å². The molecule has 106 valence electrons. The van der Waals surface area contributed by atoms with Crippen molar-refractivity contribution in [3.63, 3.8) is 0 Å². The van der Waals surface area contributed by atoms with Crippen molar-refractivity contribution in [2.45, 2.75) is 11.4 Å². The van der Waals surface area contributed by atoms with Gasteiger partial charge in [-0.1, -0.05) is 30.3 Å². The first-order chi connectivity index (χ1) is 10.1. The third-order valence-electron chi connectivity index (χ3n) is 3.19. The number of non-ortho nitro benzene ring substituents is 1. The van der Waals surface area contributed by atoms with E-state index in [-0.39, 0.29) is 28.6 Å². The van der Waals surface area contributed by atoms with Crippen molar-refractivity contribution in [3.8, 4) is 0 Å². The minimum absolute atomic E-state index is 0.170. The molecule has 0 radical (unpaired) electrons. The molecule has 0 fully saturated rings. The first-order valence-corrected chi connectivity index (χ1v) is 7.25. The Kier molecular flexibility index (Phi) is 3.26. The smallest absolute Gasteiger partial charge is 0.268 e. The molecule has 0 saturated carbocycles. The van der Waals surface area contributed by atoms with Crippen LogP contribution >= 0.6 is 0 Å². The van der Waals surface area contributed by atoms with E-state index in [2.05, 4.69) is 0 Å². The molecular formula is C14H10N2O4S. The number of hydrogen-bond donors (Lipinski definition) is 0. The summed E-state index contributed by atoms with van der Waals surface area (Å²) in [6.45, 7) is 0.203. The molecule has 0 aromatic heterocycles. The number of nitro benzene ring substituents is 1. The summed E-state index contributed by atoms with van der Waals surface area (Å²) < 4.78 is 13.6. The fourth-order valence-corrected chi connectivity index (χ4v) is 3.47. The Bertz CT molecular complexity index is 761. The Balaban J connectivity index is 1.95. The van der Waals surface area contributed by atoms with Gasteiger partial charge in [-0.15, -0.1) is 0 Å². The maximum absolute atomic E-state index is 12.4. The topological polar surface area (TPSA) is 80.5 Å². The quantitative estimate of drug-likeness (QED) is 0.643. The molecule has 0 N–H and O–H groups in total. The first-order valence-electron chi connectivity index (χ1n) is 6.14. The van der Waals surface area contributed by atoms with E-state index in [0.29, 0.717) is 0 Å². The van der Waals surface area contributed by atoms with Crippen molar-refractivity contribution in [3.05, 3.63) is 69.8 Å². The zero-order valence-corrected chi connectivity index (χ0v) is 11.6. The van der Waals surface area contributed by atoms with Crippen LogP contribution in [0, 0.1) is 10.1 Å². The highest BCUT2D eigenvalue weighted by Crippen LogP contribution is 2.31. The van der Waals surface area contributed by atoms with E-state index in [9.17, 15) is 19.1 Å². The second-order valence-electron chi connectivity index (χ2n) is 4.51. The summed E-state index contributed by atoms with van der Waals surface area (Å²) in [5, 5.41) is 10.8. The molecule has 1 unspecified atom stereocenters. The van der Waals surface area contributed by atoms with Crippen LogP contribution in [0.25, 0.3) is 0 Å². The van der Waals surface area contributed by atoms with E-state index in [0.717, 1.165) is 5.56 Å². The molecule has 0 saturated heterocycles. The largest absolute Gasteiger partial charge is 0.270 e. The van der Waals surface area contributed by atoms with E-state index in [1.54, 1.807) is 0 Å². The highest BCUT2D eigenvalue weighted by molar-refractivity contribution is 7.83. The van der Waals surface area contributed by atoms with E-state index in [4.69, 9.17) is 0 Å². The summed E-state index contributed by atoms with van der Waals surface area (Å²) in [7, 11) is -1.71. The zero-order chi connectivity index (χ0) is 15.0. The summed E-state index contributed by atoms with van der Waals surface area (Å²) >= 11 is 0. The Labute approximate surface area is 122 Å². The van der Waals surface area contributed by atoms with Crippen molar-refractivity contribution in [2.24, 2.45) is 0 Å². The van der Waals surface area contributed by atoms with Gasteiger partial charge in [0.05, 0.1) is 21.9 Å². The second kappa shape index (κ2) is 5.10. The number of nitro groups is 1. The highest BCUT2D eigenvalue weighted by Gasteiger charge is 2.35. The standard InChI is InChI=1S/C14H10N2O4S/c17-14-12-7-6-11(16(18)19)8-13(12)21(20)15(14)9-10-4-2-1-3-5-10/h1-8H,9H2. The van der Waals surface area contributed by atoms with Gasteiger partial charge in [0.25, 0.3) is 11.6 Å². The van der Waals surface area contributed by atoms with Crippen LogP contribution in [0.3, 0.4) is 0 Å². The summed E-state index contributed by atoms with van der Waals surface area (Å²) in [4.78, 5) is 22.7. The number of fused-ring (bicyclic) bond motifs is 1. The molecule has 3 rings (SSSR count). The van der Waals surface area contributed by atoms with Crippen LogP contribution in [0.2, 0.25) is 0 Å². The maximum Gasteiger partial charge on any atom is 0.270 e. The number of rotatable bonds is 3. The van der Waals surface area contributed by atoms with Crippen LogP contribution in [-0.4, -0.2) is 19.3 Å². The molecule has 1 amide bonds. The normalized spacial score (nSPS) is 16.9. The minimum atomic E-state index is -1.71. The van der Waals surface area contributed by atoms with E-state index in [1.807, 2.05) is 30.3 Å². The lowest BCUT2D eigenvalue weighted by atomic mass is 10.2. The van der Waals surface area contributed by atoms with E-state index in [1.165, 1.54) is 22.5 Å². The summed E-state index contributed by atoms with van der Waals surface area (Å²) in [5.41, 5.74) is 0.938. The van der Waals surface area contributed by atoms with Gasteiger partial charge < -0.3 is 0 Å². The third kappa shape index (κ3) is 2.31. The fraction of sp³-hybridized carbons (Fsp3) is 0.0714. The number of carbonyl (C=O) groups is 1. The number of nitrogens with zero attached hydrogens (tertiary/aromatic N) is 2. The third-order valence-corrected chi connectivity index (χ3v) is 4.60. The van der Waals surface area contributed by atoms with Gasteiger partial charge in [-0.3, -0.25) is 14.9 Å². The molecule has 21 heavy (non-hydrogen) atoms. The molecule has 1 aliphatic rings. The van der Waals surface area contributed by atoms with Gasteiger partial charge in [0.15, 0.2) is 11.0 Å². The lowest BCUT2D eigenvalue weighted by Crippen LogP contribution is -2.25. The van der Waals surface area contributed by atoms with Crippen LogP contribution < -0.4 is 0 Å². The molecule has 1 aliphatic heterocycles. The number of hydrogen-bond acceptors (Lipinski definition) is 4. The molecule has 2 aromatic rings. The monoisotopic (exact) mass is 302 g/mol. The molecule has 2 aromatic carbocycles. The number of amides is 1. The predicted molar refractivity (Wildman–Crippen MR) is 75.8 cm³/mol. The summed E-state index contributed by atoms with van der Waals surface area (Å²) in [6, 6.07) is 13.0. The highest BCUT2D eigenvalue weighted by atomic mass is 32.2. The Morgan fingerprint density at radius 3 is 2.52 bits per heavy atom. The SMILES string of the molecule is O=C1c2ccc([N+](=O)[O-])cc2S(=O)N1Cc1ccccc1. The predicted octanol–water partition coefficient (Wildman–Crippen LogP) is 2.27. The Hall–Kier alpha value is -2.54. The Morgan fingerprint density at radius 1 is 1.14 bits per heavy atom. The maximum atomic E-state index is 12.4.